The lowest BCUT2D eigenvalue weighted by atomic mass is 10.2. The Morgan fingerprint density at radius 2 is 1.77 bits per heavy atom. The van der Waals surface area contributed by atoms with Crippen LogP contribution in [-0.4, -0.2) is 71.2 Å². The fourth-order valence-corrected chi connectivity index (χ4v) is 3.88. The lowest BCUT2D eigenvalue weighted by Crippen LogP contribution is -2.49. The summed E-state index contributed by atoms with van der Waals surface area (Å²) in [5, 5.41) is 0. The number of hydrogen-bond donors (Lipinski definition) is 0. The van der Waals surface area contributed by atoms with E-state index in [-0.39, 0.29) is 5.91 Å². The number of ether oxygens (including phenoxy) is 1. The minimum Gasteiger partial charge on any atom is -0.444 e. The molecule has 0 unspecified atom stereocenters. The molecule has 3 rings (SSSR count). The van der Waals surface area contributed by atoms with Crippen LogP contribution in [0.3, 0.4) is 0 Å². The summed E-state index contributed by atoms with van der Waals surface area (Å²) in [5.74, 6) is 0.351. The molecule has 2 saturated heterocycles. The number of halogens is 3. The van der Waals surface area contributed by atoms with Crippen molar-refractivity contribution in [3.05, 3.63) is 23.9 Å². The second-order valence-corrected chi connectivity index (χ2v) is 8.90. The first-order valence-corrected chi connectivity index (χ1v) is 10.5. The number of likely N-dealkylation sites (tertiary alicyclic amines) is 1. The van der Waals surface area contributed by atoms with Crippen LogP contribution in [0.4, 0.5) is 23.8 Å². The minimum atomic E-state index is -4.42. The van der Waals surface area contributed by atoms with Gasteiger partial charge in [0.2, 0.25) is 5.91 Å². The maximum Gasteiger partial charge on any atom is 0.417 e. The van der Waals surface area contributed by atoms with Gasteiger partial charge in [0.15, 0.2) is 0 Å². The second kappa shape index (κ2) is 8.92. The first kappa shape index (κ1) is 23.1. The summed E-state index contributed by atoms with van der Waals surface area (Å²) in [6.07, 6.45) is -2.07. The van der Waals surface area contributed by atoms with Crippen molar-refractivity contribution in [2.24, 2.45) is 0 Å². The molecule has 0 saturated carbocycles. The summed E-state index contributed by atoms with van der Waals surface area (Å²) in [6.45, 7) is 7.84. The summed E-state index contributed by atoms with van der Waals surface area (Å²) >= 11 is 0. The molecule has 2 amide bonds. The number of rotatable bonds is 2. The van der Waals surface area contributed by atoms with Gasteiger partial charge in [-0.05, 0) is 52.2 Å². The number of alkyl halides is 3. The van der Waals surface area contributed by atoms with Crippen LogP contribution in [0.2, 0.25) is 0 Å². The highest BCUT2D eigenvalue weighted by Gasteiger charge is 2.39. The largest absolute Gasteiger partial charge is 0.444 e. The van der Waals surface area contributed by atoms with E-state index in [1.807, 2.05) is 4.90 Å². The molecule has 0 spiro atoms. The highest BCUT2D eigenvalue weighted by molar-refractivity contribution is 5.86. The highest BCUT2D eigenvalue weighted by atomic mass is 19.4. The number of hydrogen-bond acceptors (Lipinski definition) is 5. The smallest absolute Gasteiger partial charge is 0.417 e. The predicted octanol–water partition coefficient (Wildman–Crippen LogP) is 3.54. The van der Waals surface area contributed by atoms with Crippen LogP contribution in [0.1, 0.15) is 45.6 Å². The lowest BCUT2D eigenvalue weighted by Gasteiger charge is -2.31. The molecule has 31 heavy (non-hydrogen) atoms. The van der Waals surface area contributed by atoms with E-state index in [1.165, 1.54) is 11.0 Å². The van der Waals surface area contributed by atoms with Gasteiger partial charge in [0.25, 0.3) is 0 Å². The molecule has 0 aromatic carbocycles. The molecule has 172 valence electrons. The van der Waals surface area contributed by atoms with Gasteiger partial charge in [-0.3, -0.25) is 9.69 Å². The monoisotopic (exact) mass is 442 g/mol. The fraction of sp³-hybridized carbons (Fsp3) is 0.667. The molecule has 1 atom stereocenters. The zero-order chi connectivity index (χ0) is 22.8. The Hall–Kier alpha value is -2.52. The van der Waals surface area contributed by atoms with Gasteiger partial charge in [-0.2, -0.15) is 13.2 Å². The van der Waals surface area contributed by atoms with E-state index in [9.17, 15) is 22.8 Å². The summed E-state index contributed by atoms with van der Waals surface area (Å²) in [5.41, 5.74) is -1.42. The molecular formula is C21H29F3N4O3. The Bertz CT molecular complexity index is 793. The van der Waals surface area contributed by atoms with E-state index in [1.54, 1.807) is 25.7 Å². The second-order valence-electron chi connectivity index (χ2n) is 8.90. The Morgan fingerprint density at radius 1 is 1.03 bits per heavy atom. The van der Waals surface area contributed by atoms with Crippen LogP contribution in [0.15, 0.2) is 18.3 Å². The van der Waals surface area contributed by atoms with Crippen molar-refractivity contribution in [1.29, 1.82) is 0 Å². The van der Waals surface area contributed by atoms with Crippen molar-refractivity contribution >= 4 is 17.8 Å². The Morgan fingerprint density at radius 3 is 2.39 bits per heavy atom. The number of amides is 2. The first-order valence-electron chi connectivity index (χ1n) is 10.5. The number of aromatic nitrogens is 1. The third kappa shape index (κ3) is 5.80. The third-order valence-corrected chi connectivity index (χ3v) is 5.37. The van der Waals surface area contributed by atoms with Crippen LogP contribution < -0.4 is 4.90 Å². The quantitative estimate of drug-likeness (QED) is 0.701. The normalized spacial score (nSPS) is 20.6. The van der Waals surface area contributed by atoms with Crippen molar-refractivity contribution in [1.82, 2.24) is 14.8 Å². The topological polar surface area (TPSA) is 66.0 Å². The molecule has 0 radical (unpaired) electrons. The average molecular weight is 442 g/mol. The van der Waals surface area contributed by atoms with Crippen LogP contribution in [0.5, 0.6) is 0 Å². The summed E-state index contributed by atoms with van der Waals surface area (Å²) in [6, 6.07) is 1.85. The van der Waals surface area contributed by atoms with E-state index in [2.05, 4.69) is 4.98 Å². The molecule has 0 bridgehead atoms. The van der Waals surface area contributed by atoms with E-state index in [0.29, 0.717) is 51.4 Å². The molecule has 10 heteroatoms. The zero-order valence-electron chi connectivity index (χ0n) is 18.1. The maximum atomic E-state index is 13.1. The molecule has 0 N–H and O–H groups in total. The first-order chi connectivity index (χ1) is 14.5. The van der Waals surface area contributed by atoms with Crippen molar-refractivity contribution in [3.63, 3.8) is 0 Å². The summed E-state index contributed by atoms with van der Waals surface area (Å²) in [7, 11) is 0. The van der Waals surface area contributed by atoms with Crippen molar-refractivity contribution in [2.75, 3.05) is 37.6 Å². The van der Waals surface area contributed by atoms with Crippen LogP contribution in [0, 0.1) is 0 Å². The number of carbonyl (C=O) groups is 2. The number of carbonyl (C=O) groups excluding carboxylic acids is 2. The molecular weight excluding hydrogens is 413 g/mol. The number of pyridine rings is 1. The maximum absolute atomic E-state index is 13.1. The van der Waals surface area contributed by atoms with Gasteiger partial charge in [-0.25, -0.2) is 9.78 Å². The molecule has 3 heterocycles. The minimum absolute atomic E-state index is 0.106. The summed E-state index contributed by atoms with van der Waals surface area (Å²) < 4.78 is 43.7. The molecule has 7 nitrogen and oxygen atoms in total. The summed E-state index contributed by atoms with van der Waals surface area (Å²) in [4.78, 5) is 34.7. The molecule has 0 aliphatic carbocycles. The molecule has 2 fully saturated rings. The third-order valence-electron chi connectivity index (χ3n) is 5.37. The van der Waals surface area contributed by atoms with Gasteiger partial charge in [0, 0.05) is 38.9 Å². The fourth-order valence-electron chi connectivity index (χ4n) is 3.88. The SMILES string of the molecule is CC(C)(C)OC(=O)N1CCC[C@H]1C(=O)N1CCCN(c2ccc(C(F)(F)F)cn2)CC1. The number of nitrogens with zero attached hydrogens (tertiary/aromatic N) is 4. The lowest BCUT2D eigenvalue weighted by molar-refractivity contribution is -0.138. The number of anilines is 1. The van der Waals surface area contributed by atoms with E-state index in [4.69, 9.17) is 4.74 Å². The highest BCUT2D eigenvalue weighted by Crippen LogP contribution is 2.29. The van der Waals surface area contributed by atoms with E-state index in [0.717, 1.165) is 18.7 Å². The van der Waals surface area contributed by atoms with Gasteiger partial charge in [0.05, 0.1) is 5.56 Å². The molecule has 2 aliphatic rings. The van der Waals surface area contributed by atoms with Crippen molar-refractivity contribution < 1.29 is 27.5 Å². The zero-order valence-corrected chi connectivity index (χ0v) is 18.1. The van der Waals surface area contributed by atoms with Crippen LogP contribution in [-0.2, 0) is 15.7 Å². The van der Waals surface area contributed by atoms with Crippen molar-refractivity contribution in [3.8, 4) is 0 Å². The Labute approximate surface area is 180 Å². The predicted molar refractivity (Wildman–Crippen MR) is 109 cm³/mol. The van der Waals surface area contributed by atoms with Crippen LogP contribution in [0.25, 0.3) is 0 Å². The molecule has 1 aromatic rings. The Balaban J connectivity index is 1.62. The standard InChI is InChI=1S/C21H29F3N4O3/c1-20(2,3)31-19(30)28-11-4-6-16(28)18(29)27-10-5-9-26(12-13-27)17-8-7-15(14-25-17)21(22,23)24/h7-8,14,16H,4-6,9-13H2,1-3H3/t16-/m0/s1. The van der Waals surface area contributed by atoms with Gasteiger partial charge in [0.1, 0.15) is 17.5 Å². The molecule has 2 aliphatic heterocycles. The van der Waals surface area contributed by atoms with Gasteiger partial charge >= 0.3 is 12.3 Å². The van der Waals surface area contributed by atoms with Gasteiger partial charge in [-0.1, -0.05) is 0 Å². The van der Waals surface area contributed by atoms with Gasteiger partial charge in [-0.15, -0.1) is 0 Å². The van der Waals surface area contributed by atoms with Crippen LogP contribution >= 0.6 is 0 Å². The average Bonchev–Trinajstić information content (AvgIpc) is 3.04. The Kier molecular flexibility index (Phi) is 6.66. The van der Waals surface area contributed by atoms with Gasteiger partial charge < -0.3 is 14.5 Å². The van der Waals surface area contributed by atoms with E-state index >= 15 is 0 Å². The molecule has 1 aromatic heterocycles. The van der Waals surface area contributed by atoms with E-state index < -0.39 is 29.5 Å². The van der Waals surface area contributed by atoms with Crippen molar-refractivity contribution in [2.45, 2.75) is 57.9 Å².